The van der Waals surface area contributed by atoms with Crippen molar-refractivity contribution in [3.8, 4) is 0 Å². The van der Waals surface area contributed by atoms with Crippen LogP contribution in [0.15, 0.2) is 0 Å². The molecule has 0 amide bonds. The van der Waals surface area contributed by atoms with Gasteiger partial charge in [0, 0.05) is 0 Å². The molecule has 0 aliphatic heterocycles. The predicted molar refractivity (Wildman–Crippen MR) is 89.3 cm³/mol. The molecule has 0 aromatic rings. The largest absolute Gasteiger partial charge is 1.00 e. The first-order chi connectivity index (χ1) is 9.67. The molecule has 0 saturated heterocycles. The van der Waals surface area contributed by atoms with Crippen molar-refractivity contribution in [3.05, 3.63) is 0 Å². The molecule has 6 heteroatoms. The van der Waals surface area contributed by atoms with Crippen molar-refractivity contribution in [2.45, 2.75) is 98.0 Å². The number of rotatable bonds is 12. The Bertz CT molecular complexity index is 305. The molecule has 0 fully saturated rings. The molecule has 4 nitrogen and oxygen atoms in total. The van der Waals surface area contributed by atoms with Crippen molar-refractivity contribution in [2.24, 2.45) is 5.41 Å². The zero-order chi connectivity index (χ0) is 16.4. The fraction of sp³-hybridized carbons (Fsp3) is 1.00. The summed E-state index contributed by atoms with van der Waals surface area (Å²) in [7, 11) is -4.40. The molecule has 0 bridgehead atoms. The van der Waals surface area contributed by atoms with Crippen molar-refractivity contribution in [2.75, 3.05) is 0 Å². The van der Waals surface area contributed by atoms with E-state index in [0.29, 0.717) is 6.42 Å². The van der Waals surface area contributed by atoms with E-state index in [1.165, 1.54) is 44.9 Å². The maximum atomic E-state index is 11.0. The first kappa shape index (κ1) is 26.0. The van der Waals surface area contributed by atoms with E-state index in [4.69, 9.17) is 14.3 Å². The van der Waals surface area contributed by atoms with Gasteiger partial charge in [0.1, 0.15) is 0 Å². The van der Waals surface area contributed by atoms with Crippen molar-refractivity contribution in [1.29, 1.82) is 0 Å². The van der Waals surface area contributed by atoms with Crippen LogP contribution in [0.25, 0.3) is 0 Å². The summed E-state index contributed by atoms with van der Waals surface area (Å²) in [6.07, 6.45) is 11.5. The van der Waals surface area contributed by atoms with Gasteiger partial charge in [0.05, 0.1) is 6.10 Å². The second-order valence-electron chi connectivity index (χ2n) is 7.07. The SMILES string of the molecule is CCCCCCCCCCCC(OP(=O)(O)O)C(C)(C)C.[H-].[K+]. The van der Waals surface area contributed by atoms with E-state index >= 15 is 0 Å². The normalized spacial score (nSPS) is 13.7. The molecule has 1 atom stereocenters. The molecule has 0 aliphatic rings. The Balaban J connectivity index is -0.00000200. The minimum atomic E-state index is -4.40. The molecular formula is C16H36KO4P. The molecule has 0 aliphatic carbocycles. The second-order valence-corrected chi connectivity index (χ2v) is 8.26. The van der Waals surface area contributed by atoms with Crippen LogP contribution in [0.1, 0.15) is 93.3 Å². The van der Waals surface area contributed by atoms with Crippen LogP contribution in [0.5, 0.6) is 0 Å². The Kier molecular flexibility index (Phi) is 16.5. The summed E-state index contributed by atoms with van der Waals surface area (Å²) in [6.45, 7) is 8.11. The van der Waals surface area contributed by atoms with Crippen LogP contribution >= 0.6 is 7.82 Å². The molecule has 0 radical (unpaired) electrons. The van der Waals surface area contributed by atoms with E-state index in [1.54, 1.807) is 0 Å². The van der Waals surface area contributed by atoms with E-state index in [1.807, 2.05) is 20.8 Å². The van der Waals surface area contributed by atoms with Crippen LogP contribution in [0.4, 0.5) is 0 Å². The average Bonchev–Trinajstić information content (AvgIpc) is 2.32. The monoisotopic (exact) mass is 362 g/mol. The summed E-state index contributed by atoms with van der Waals surface area (Å²) in [5.74, 6) is 0. The third-order valence-corrected chi connectivity index (χ3v) is 4.33. The van der Waals surface area contributed by atoms with Crippen LogP contribution in [-0.2, 0) is 9.09 Å². The molecule has 0 aromatic carbocycles. The maximum absolute atomic E-state index is 11.0. The summed E-state index contributed by atoms with van der Waals surface area (Å²) in [5.41, 5.74) is -0.249. The smallest absolute Gasteiger partial charge is 1.00 e. The summed E-state index contributed by atoms with van der Waals surface area (Å²) < 4.78 is 16.0. The zero-order valence-electron chi connectivity index (χ0n) is 16.3. The summed E-state index contributed by atoms with van der Waals surface area (Å²) in [4.78, 5) is 18.0. The fourth-order valence-electron chi connectivity index (χ4n) is 2.45. The van der Waals surface area contributed by atoms with Gasteiger partial charge < -0.3 is 11.2 Å². The van der Waals surface area contributed by atoms with E-state index in [-0.39, 0.29) is 64.3 Å². The van der Waals surface area contributed by atoms with Gasteiger partial charge in [0.25, 0.3) is 0 Å². The van der Waals surface area contributed by atoms with Gasteiger partial charge in [0.15, 0.2) is 0 Å². The van der Waals surface area contributed by atoms with Crippen LogP contribution in [0.3, 0.4) is 0 Å². The Morgan fingerprint density at radius 2 is 1.36 bits per heavy atom. The predicted octanol–water partition coefficient (Wildman–Crippen LogP) is 2.55. The number of phosphoric acid groups is 1. The summed E-state index contributed by atoms with van der Waals surface area (Å²) >= 11 is 0. The van der Waals surface area contributed by atoms with Gasteiger partial charge in [-0.25, -0.2) is 4.57 Å². The second kappa shape index (κ2) is 14.0. The van der Waals surface area contributed by atoms with Crippen molar-refractivity contribution in [3.63, 3.8) is 0 Å². The molecule has 130 valence electrons. The Morgan fingerprint density at radius 3 is 1.73 bits per heavy atom. The van der Waals surface area contributed by atoms with Crippen LogP contribution in [0, 0.1) is 5.41 Å². The molecule has 0 rings (SSSR count). The van der Waals surface area contributed by atoms with Gasteiger partial charge in [-0.05, 0) is 11.8 Å². The van der Waals surface area contributed by atoms with Gasteiger partial charge in [-0.3, -0.25) is 4.52 Å². The first-order valence-corrected chi connectivity index (χ1v) is 9.94. The molecule has 1 unspecified atom stereocenters. The first-order valence-electron chi connectivity index (χ1n) is 8.40. The Labute approximate surface area is 181 Å². The molecule has 0 spiro atoms. The van der Waals surface area contributed by atoms with Gasteiger partial charge in [-0.1, -0.05) is 85.5 Å². The number of unbranched alkanes of at least 4 members (excludes halogenated alkanes) is 8. The number of hydrogen-bond donors (Lipinski definition) is 2. The minimum absolute atomic E-state index is 0. The van der Waals surface area contributed by atoms with Crippen molar-refractivity contribution >= 4 is 7.82 Å². The molecule has 0 aromatic heterocycles. The van der Waals surface area contributed by atoms with E-state index < -0.39 is 7.82 Å². The van der Waals surface area contributed by atoms with Crippen LogP contribution in [0.2, 0.25) is 0 Å². The molecule has 0 heterocycles. The number of hydrogen-bond acceptors (Lipinski definition) is 2. The maximum Gasteiger partial charge on any atom is 1.00 e. The Morgan fingerprint density at radius 1 is 0.955 bits per heavy atom. The number of phosphoric ester groups is 1. The van der Waals surface area contributed by atoms with E-state index in [0.717, 1.165) is 12.8 Å². The zero-order valence-corrected chi connectivity index (χ0v) is 19.3. The van der Waals surface area contributed by atoms with E-state index in [2.05, 4.69) is 6.92 Å². The third-order valence-electron chi connectivity index (χ3n) is 3.80. The fourth-order valence-corrected chi connectivity index (χ4v) is 3.20. The van der Waals surface area contributed by atoms with E-state index in [9.17, 15) is 4.57 Å². The summed E-state index contributed by atoms with van der Waals surface area (Å²) in [5, 5.41) is 0. The average molecular weight is 363 g/mol. The third kappa shape index (κ3) is 16.6. The summed E-state index contributed by atoms with van der Waals surface area (Å²) in [6, 6.07) is 0. The van der Waals surface area contributed by atoms with Crippen molar-refractivity contribution in [1.82, 2.24) is 0 Å². The van der Waals surface area contributed by atoms with Gasteiger partial charge in [0.2, 0.25) is 0 Å². The molecule has 0 saturated carbocycles. The topological polar surface area (TPSA) is 66.8 Å². The quantitative estimate of drug-likeness (QED) is 0.318. The van der Waals surface area contributed by atoms with Crippen molar-refractivity contribution < 1.29 is 71.7 Å². The molecule has 22 heavy (non-hydrogen) atoms. The van der Waals surface area contributed by atoms with Crippen LogP contribution < -0.4 is 51.4 Å². The minimum Gasteiger partial charge on any atom is -1.00 e. The Hall–Kier alpha value is 1.75. The van der Waals surface area contributed by atoms with Crippen LogP contribution in [-0.4, -0.2) is 15.9 Å². The van der Waals surface area contributed by atoms with Gasteiger partial charge in [-0.2, -0.15) is 0 Å². The van der Waals surface area contributed by atoms with Gasteiger partial charge >= 0.3 is 59.2 Å². The van der Waals surface area contributed by atoms with Gasteiger partial charge in [-0.15, -0.1) is 0 Å². The molecular weight excluding hydrogens is 326 g/mol. The molecule has 2 N–H and O–H groups in total. The standard InChI is InChI=1S/C16H35O4P.K.H/c1-5-6-7-8-9-10-11-12-13-14-15(16(2,3)4)20-21(17,18)19;;/h15H,5-14H2,1-4H3,(H2,17,18,19);;/q;+1;-1.